The molecule has 0 fully saturated rings. The number of allylic oxidation sites excluding steroid dienone is 3. The molecule has 174 valence electrons. The minimum Gasteiger partial charge on any atom is -0.497 e. The van der Waals surface area contributed by atoms with Gasteiger partial charge in [0.05, 0.1) is 12.6 Å². The van der Waals surface area contributed by atoms with Crippen LogP contribution in [0.2, 0.25) is 0 Å². The maximum Gasteiger partial charge on any atom is 0.262 e. The fourth-order valence-corrected chi connectivity index (χ4v) is 4.14. The van der Waals surface area contributed by atoms with Gasteiger partial charge >= 0.3 is 0 Å². The molecule has 2 aromatic carbocycles. The van der Waals surface area contributed by atoms with Crippen LogP contribution in [0.1, 0.15) is 41.4 Å². The van der Waals surface area contributed by atoms with Crippen molar-refractivity contribution in [2.75, 3.05) is 20.2 Å². The second-order valence-electron chi connectivity index (χ2n) is 7.78. The molecule has 3 aromatic rings. The normalized spacial score (nSPS) is 12.1. The number of ether oxygens (including phenoxy) is 1. The lowest BCUT2D eigenvalue weighted by atomic mass is 10.1. The molecular weight excluding hydrogens is 483 g/mol. The zero-order chi connectivity index (χ0) is 23.8. The lowest BCUT2D eigenvalue weighted by molar-refractivity contribution is 0.0963. The standard InChI is InChI=1S/C27H30BrFN2O2/c1-4-7-22(29)8-5-6-16-30-17-15-24-19(2)31(26-14-13-23(33-3)18-25(24)26)27(32)20-9-11-21(28)12-10-20/h5,7-14,18,30H,4,6,15-17H2,1-3H3/b8-5-,22-7+. The molecule has 1 aromatic heterocycles. The highest BCUT2D eigenvalue weighted by molar-refractivity contribution is 9.10. The van der Waals surface area contributed by atoms with Gasteiger partial charge in [-0.05, 0) is 99.5 Å². The van der Waals surface area contributed by atoms with Crippen molar-refractivity contribution >= 4 is 32.7 Å². The van der Waals surface area contributed by atoms with Gasteiger partial charge in [-0.1, -0.05) is 28.9 Å². The first-order valence-electron chi connectivity index (χ1n) is 11.2. The first-order valence-corrected chi connectivity index (χ1v) is 12.0. The number of nitrogens with one attached hydrogen (secondary N) is 1. The largest absolute Gasteiger partial charge is 0.497 e. The SMILES string of the molecule is CC/C=C(F)\C=C/CCNCCc1c(C)n(C(=O)c2ccc(Br)cc2)c2ccc(OC)cc12. The van der Waals surface area contributed by atoms with Gasteiger partial charge in [0.15, 0.2) is 0 Å². The van der Waals surface area contributed by atoms with E-state index >= 15 is 0 Å². The monoisotopic (exact) mass is 512 g/mol. The number of nitrogens with zero attached hydrogens (tertiary/aromatic N) is 1. The number of carbonyl (C=O) groups excluding carboxylic acids is 1. The van der Waals surface area contributed by atoms with Crippen molar-refractivity contribution in [2.45, 2.75) is 33.1 Å². The summed E-state index contributed by atoms with van der Waals surface area (Å²) >= 11 is 3.43. The molecule has 1 heterocycles. The van der Waals surface area contributed by atoms with E-state index in [0.29, 0.717) is 12.0 Å². The van der Waals surface area contributed by atoms with E-state index in [1.54, 1.807) is 17.8 Å². The Bertz CT molecular complexity index is 1160. The van der Waals surface area contributed by atoms with Crippen LogP contribution in [0, 0.1) is 6.92 Å². The summed E-state index contributed by atoms with van der Waals surface area (Å²) in [6.07, 6.45) is 7.13. The van der Waals surface area contributed by atoms with Gasteiger partial charge in [0.25, 0.3) is 5.91 Å². The lowest BCUT2D eigenvalue weighted by Crippen LogP contribution is -2.19. The van der Waals surface area contributed by atoms with Crippen LogP contribution in [0.5, 0.6) is 5.75 Å². The second-order valence-corrected chi connectivity index (χ2v) is 8.70. The number of hydrogen-bond donors (Lipinski definition) is 1. The maximum absolute atomic E-state index is 13.4. The summed E-state index contributed by atoms with van der Waals surface area (Å²) in [7, 11) is 1.64. The van der Waals surface area contributed by atoms with Gasteiger partial charge in [0.2, 0.25) is 0 Å². The van der Waals surface area contributed by atoms with Crippen molar-refractivity contribution in [3.63, 3.8) is 0 Å². The molecule has 33 heavy (non-hydrogen) atoms. The number of methoxy groups -OCH3 is 1. The zero-order valence-electron chi connectivity index (χ0n) is 19.3. The molecular formula is C27H30BrFN2O2. The molecule has 0 atom stereocenters. The minimum atomic E-state index is -0.190. The first kappa shape index (κ1) is 24.9. The van der Waals surface area contributed by atoms with Crippen molar-refractivity contribution in [3.8, 4) is 5.75 Å². The fourth-order valence-electron chi connectivity index (χ4n) is 3.87. The summed E-state index contributed by atoms with van der Waals surface area (Å²) < 4.78 is 21.5. The Hall–Kier alpha value is -2.70. The summed E-state index contributed by atoms with van der Waals surface area (Å²) in [4.78, 5) is 13.4. The molecule has 3 rings (SSSR count). The average molecular weight is 513 g/mol. The predicted octanol–water partition coefficient (Wildman–Crippen LogP) is 6.75. The van der Waals surface area contributed by atoms with Gasteiger partial charge in [-0.25, -0.2) is 4.39 Å². The van der Waals surface area contributed by atoms with E-state index in [-0.39, 0.29) is 11.7 Å². The molecule has 0 amide bonds. The molecule has 0 radical (unpaired) electrons. The molecule has 0 aliphatic heterocycles. The number of halogens is 2. The molecule has 0 spiro atoms. The molecule has 0 saturated carbocycles. The molecule has 0 aliphatic carbocycles. The second kappa shape index (κ2) is 12.0. The summed E-state index contributed by atoms with van der Waals surface area (Å²) in [5.41, 5.74) is 3.56. The molecule has 0 saturated heterocycles. The molecule has 6 heteroatoms. The van der Waals surface area contributed by atoms with Crippen LogP contribution in [0.4, 0.5) is 4.39 Å². The van der Waals surface area contributed by atoms with E-state index in [9.17, 15) is 9.18 Å². The third-order valence-corrected chi connectivity index (χ3v) is 6.08. The third-order valence-electron chi connectivity index (χ3n) is 5.55. The van der Waals surface area contributed by atoms with Gasteiger partial charge in [-0.3, -0.25) is 9.36 Å². The highest BCUT2D eigenvalue weighted by Gasteiger charge is 2.20. The Labute approximate surface area is 203 Å². The molecule has 4 nitrogen and oxygen atoms in total. The van der Waals surface area contributed by atoms with Crippen LogP contribution >= 0.6 is 15.9 Å². The van der Waals surface area contributed by atoms with Gasteiger partial charge in [0.1, 0.15) is 11.6 Å². The van der Waals surface area contributed by atoms with E-state index in [0.717, 1.165) is 58.3 Å². The topological polar surface area (TPSA) is 43.3 Å². The number of aromatic nitrogens is 1. The number of benzene rings is 2. The van der Waals surface area contributed by atoms with Crippen molar-refractivity contribution in [3.05, 3.63) is 87.8 Å². The van der Waals surface area contributed by atoms with Crippen molar-refractivity contribution in [1.82, 2.24) is 9.88 Å². The quantitative estimate of drug-likeness (QED) is 0.241. The van der Waals surface area contributed by atoms with Gasteiger partial charge < -0.3 is 10.1 Å². The number of hydrogen-bond acceptors (Lipinski definition) is 3. The van der Waals surface area contributed by atoms with Crippen LogP contribution in [-0.4, -0.2) is 30.7 Å². The van der Waals surface area contributed by atoms with Crippen LogP contribution < -0.4 is 10.1 Å². The number of rotatable bonds is 10. The van der Waals surface area contributed by atoms with E-state index in [4.69, 9.17) is 4.74 Å². The molecule has 0 bridgehead atoms. The van der Waals surface area contributed by atoms with Crippen molar-refractivity contribution < 1.29 is 13.9 Å². The minimum absolute atomic E-state index is 0.0540. The van der Waals surface area contributed by atoms with Gasteiger partial charge in [0, 0.05) is 21.1 Å². The van der Waals surface area contributed by atoms with Gasteiger partial charge in [-0.15, -0.1) is 0 Å². The summed E-state index contributed by atoms with van der Waals surface area (Å²) in [6.45, 7) is 5.42. The van der Waals surface area contributed by atoms with Crippen molar-refractivity contribution in [2.24, 2.45) is 0 Å². The molecule has 1 N–H and O–H groups in total. The predicted molar refractivity (Wildman–Crippen MR) is 137 cm³/mol. The van der Waals surface area contributed by atoms with Crippen molar-refractivity contribution in [1.29, 1.82) is 0 Å². The van der Waals surface area contributed by atoms with Crippen LogP contribution in [0.15, 0.2) is 71.0 Å². The van der Waals surface area contributed by atoms with Crippen LogP contribution in [0.25, 0.3) is 10.9 Å². The average Bonchev–Trinajstić information content (AvgIpc) is 3.09. The third kappa shape index (κ3) is 6.21. The number of fused-ring (bicyclic) bond motifs is 1. The smallest absolute Gasteiger partial charge is 0.262 e. The maximum atomic E-state index is 13.4. The van der Waals surface area contributed by atoms with E-state index in [1.807, 2.05) is 62.4 Å². The van der Waals surface area contributed by atoms with E-state index in [2.05, 4.69) is 21.2 Å². The Morgan fingerprint density at radius 2 is 1.94 bits per heavy atom. The van der Waals surface area contributed by atoms with Gasteiger partial charge in [-0.2, -0.15) is 0 Å². The number of carbonyl (C=O) groups is 1. The van der Waals surface area contributed by atoms with Crippen LogP contribution in [0.3, 0.4) is 0 Å². The van der Waals surface area contributed by atoms with E-state index < -0.39 is 0 Å². The molecule has 0 aliphatic rings. The Morgan fingerprint density at radius 1 is 1.18 bits per heavy atom. The van der Waals surface area contributed by atoms with Crippen LogP contribution in [-0.2, 0) is 6.42 Å². The molecule has 0 unspecified atom stereocenters. The summed E-state index contributed by atoms with van der Waals surface area (Å²) in [5.74, 6) is 0.518. The zero-order valence-corrected chi connectivity index (χ0v) is 20.9. The lowest BCUT2D eigenvalue weighted by Gasteiger charge is -2.08. The highest BCUT2D eigenvalue weighted by atomic mass is 79.9. The Kier molecular flexibility index (Phi) is 9.03. The fraction of sp³-hybridized carbons (Fsp3) is 0.296. The Balaban J connectivity index is 1.78. The summed E-state index contributed by atoms with van der Waals surface area (Å²) in [6, 6.07) is 13.2. The first-order chi connectivity index (χ1) is 16.0. The Morgan fingerprint density at radius 3 is 2.64 bits per heavy atom. The highest BCUT2D eigenvalue weighted by Crippen LogP contribution is 2.30. The summed E-state index contributed by atoms with van der Waals surface area (Å²) in [5, 5.41) is 4.43. The van der Waals surface area contributed by atoms with E-state index in [1.165, 1.54) is 6.08 Å².